The molecule has 94 valence electrons. The third kappa shape index (κ3) is 2.26. The van der Waals surface area contributed by atoms with Crippen molar-refractivity contribution in [1.82, 2.24) is 25.5 Å². The van der Waals surface area contributed by atoms with Crippen molar-refractivity contribution in [1.29, 1.82) is 0 Å². The average Bonchev–Trinajstić information content (AvgIpc) is 2.93. The third-order valence-electron chi connectivity index (χ3n) is 3.31. The Hall–Kier alpha value is -1.75. The standard InChI is InChI=1S/C13H17N5/c1-9-7-12(11-4-6-15-18-11)17-13(16-9)10-3-2-5-14-8-10/h4,6-7,10,14H,2-3,5,8H2,1H3,(H,15,18)/t10-/m1/s1. The number of nitrogens with one attached hydrogen (secondary N) is 2. The van der Waals surface area contributed by atoms with Crippen molar-refractivity contribution < 1.29 is 0 Å². The summed E-state index contributed by atoms with van der Waals surface area (Å²) in [5.41, 5.74) is 2.89. The average molecular weight is 243 g/mol. The molecule has 3 rings (SSSR count). The Kier molecular flexibility index (Phi) is 3.06. The second-order valence-electron chi connectivity index (χ2n) is 4.77. The van der Waals surface area contributed by atoms with Crippen LogP contribution in [0.4, 0.5) is 0 Å². The lowest BCUT2D eigenvalue weighted by Gasteiger charge is -2.21. The summed E-state index contributed by atoms with van der Waals surface area (Å²) < 4.78 is 0. The molecule has 0 aromatic carbocycles. The summed E-state index contributed by atoms with van der Waals surface area (Å²) in [6.07, 6.45) is 4.11. The van der Waals surface area contributed by atoms with Crippen LogP contribution in [0.25, 0.3) is 11.4 Å². The van der Waals surface area contributed by atoms with Crippen molar-refractivity contribution in [2.45, 2.75) is 25.7 Å². The Morgan fingerprint density at radius 3 is 3.00 bits per heavy atom. The second kappa shape index (κ2) is 4.86. The summed E-state index contributed by atoms with van der Waals surface area (Å²) >= 11 is 0. The van der Waals surface area contributed by atoms with Gasteiger partial charge in [0, 0.05) is 24.4 Å². The molecule has 0 aliphatic carbocycles. The Labute approximate surface area is 106 Å². The molecule has 1 saturated heterocycles. The molecule has 2 aromatic heterocycles. The van der Waals surface area contributed by atoms with E-state index in [1.54, 1.807) is 6.20 Å². The van der Waals surface area contributed by atoms with E-state index < -0.39 is 0 Å². The van der Waals surface area contributed by atoms with Crippen LogP contribution in [0, 0.1) is 6.92 Å². The summed E-state index contributed by atoms with van der Waals surface area (Å²) in [5.74, 6) is 1.38. The maximum absolute atomic E-state index is 4.68. The molecule has 1 atom stereocenters. The number of aromatic amines is 1. The highest BCUT2D eigenvalue weighted by molar-refractivity contribution is 5.53. The van der Waals surface area contributed by atoms with E-state index in [2.05, 4.69) is 25.5 Å². The predicted octanol–water partition coefficient (Wildman–Crippen LogP) is 1.64. The van der Waals surface area contributed by atoms with Crippen LogP contribution in [0.5, 0.6) is 0 Å². The Morgan fingerprint density at radius 2 is 2.28 bits per heavy atom. The van der Waals surface area contributed by atoms with E-state index >= 15 is 0 Å². The van der Waals surface area contributed by atoms with Crippen molar-refractivity contribution in [2.24, 2.45) is 0 Å². The van der Waals surface area contributed by atoms with Gasteiger partial charge in [-0.1, -0.05) is 0 Å². The third-order valence-corrected chi connectivity index (χ3v) is 3.31. The van der Waals surface area contributed by atoms with Crippen molar-refractivity contribution in [3.05, 3.63) is 29.8 Å². The van der Waals surface area contributed by atoms with Crippen LogP contribution in [0.3, 0.4) is 0 Å². The SMILES string of the molecule is Cc1cc(-c2ccn[nH]2)nc([C@@H]2CCCNC2)n1. The predicted molar refractivity (Wildman–Crippen MR) is 69.2 cm³/mol. The highest BCUT2D eigenvalue weighted by Crippen LogP contribution is 2.23. The smallest absolute Gasteiger partial charge is 0.133 e. The number of piperidine rings is 1. The van der Waals surface area contributed by atoms with E-state index in [9.17, 15) is 0 Å². The van der Waals surface area contributed by atoms with Gasteiger partial charge >= 0.3 is 0 Å². The Balaban J connectivity index is 1.95. The summed E-state index contributed by atoms with van der Waals surface area (Å²) in [5, 5.41) is 10.3. The lowest BCUT2D eigenvalue weighted by atomic mass is 9.98. The van der Waals surface area contributed by atoms with Crippen LogP contribution in [0.1, 0.15) is 30.3 Å². The molecule has 0 radical (unpaired) electrons. The van der Waals surface area contributed by atoms with Gasteiger partial charge in [-0.15, -0.1) is 0 Å². The van der Waals surface area contributed by atoms with Crippen LogP contribution in [0.15, 0.2) is 18.3 Å². The summed E-state index contributed by atoms with van der Waals surface area (Å²) in [7, 11) is 0. The molecule has 0 bridgehead atoms. The quantitative estimate of drug-likeness (QED) is 0.841. The number of rotatable bonds is 2. The fraction of sp³-hybridized carbons (Fsp3) is 0.462. The Morgan fingerprint density at radius 1 is 1.33 bits per heavy atom. The molecule has 0 amide bonds. The first-order chi connectivity index (χ1) is 8.83. The summed E-state index contributed by atoms with van der Waals surface area (Å²) in [6, 6.07) is 3.93. The molecule has 5 heteroatoms. The molecule has 0 saturated carbocycles. The van der Waals surface area contributed by atoms with Crippen molar-refractivity contribution >= 4 is 0 Å². The van der Waals surface area contributed by atoms with Gasteiger partial charge < -0.3 is 5.32 Å². The van der Waals surface area contributed by atoms with E-state index in [1.807, 2.05) is 19.1 Å². The lowest BCUT2D eigenvalue weighted by molar-refractivity contribution is 0.446. The maximum Gasteiger partial charge on any atom is 0.133 e. The number of aryl methyl sites for hydroxylation is 1. The fourth-order valence-electron chi connectivity index (χ4n) is 2.38. The molecule has 2 aromatic rings. The van der Waals surface area contributed by atoms with Crippen LogP contribution in [-0.2, 0) is 0 Å². The van der Waals surface area contributed by atoms with E-state index in [0.717, 1.165) is 36.0 Å². The van der Waals surface area contributed by atoms with Crippen LogP contribution in [0.2, 0.25) is 0 Å². The van der Waals surface area contributed by atoms with Crippen molar-refractivity contribution in [3.63, 3.8) is 0 Å². The minimum Gasteiger partial charge on any atom is -0.316 e. The van der Waals surface area contributed by atoms with Gasteiger partial charge in [0.1, 0.15) is 5.82 Å². The fourth-order valence-corrected chi connectivity index (χ4v) is 2.38. The van der Waals surface area contributed by atoms with Gasteiger partial charge in [0.05, 0.1) is 11.4 Å². The lowest BCUT2D eigenvalue weighted by Crippen LogP contribution is -2.29. The van der Waals surface area contributed by atoms with Gasteiger partial charge in [-0.3, -0.25) is 5.10 Å². The first kappa shape index (κ1) is 11.3. The normalized spacial score (nSPS) is 19.9. The van der Waals surface area contributed by atoms with Crippen molar-refractivity contribution in [2.75, 3.05) is 13.1 Å². The minimum atomic E-state index is 0.431. The molecule has 1 fully saturated rings. The molecular weight excluding hydrogens is 226 g/mol. The number of hydrogen-bond acceptors (Lipinski definition) is 4. The van der Waals surface area contributed by atoms with Crippen LogP contribution < -0.4 is 5.32 Å². The van der Waals surface area contributed by atoms with Gasteiger partial charge in [0.15, 0.2) is 0 Å². The summed E-state index contributed by atoms with van der Waals surface area (Å²) in [6.45, 7) is 4.10. The molecular formula is C13H17N5. The molecule has 0 spiro atoms. The van der Waals surface area contributed by atoms with E-state index in [0.29, 0.717) is 5.92 Å². The molecule has 1 aliphatic heterocycles. The largest absolute Gasteiger partial charge is 0.316 e. The van der Waals surface area contributed by atoms with E-state index in [4.69, 9.17) is 0 Å². The van der Waals surface area contributed by atoms with E-state index in [1.165, 1.54) is 12.8 Å². The van der Waals surface area contributed by atoms with Crippen LogP contribution in [-0.4, -0.2) is 33.3 Å². The van der Waals surface area contributed by atoms with Gasteiger partial charge in [0.25, 0.3) is 0 Å². The second-order valence-corrected chi connectivity index (χ2v) is 4.77. The van der Waals surface area contributed by atoms with Gasteiger partial charge in [-0.05, 0) is 38.4 Å². The minimum absolute atomic E-state index is 0.431. The molecule has 2 N–H and O–H groups in total. The van der Waals surface area contributed by atoms with Gasteiger partial charge in [0.2, 0.25) is 0 Å². The molecule has 18 heavy (non-hydrogen) atoms. The topological polar surface area (TPSA) is 66.5 Å². The van der Waals surface area contributed by atoms with E-state index in [-0.39, 0.29) is 0 Å². The maximum atomic E-state index is 4.68. The first-order valence-corrected chi connectivity index (χ1v) is 6.39. The monoisotopic (exact) mass is 243 g/mol. The van der Waals surface area contributed by atoms with Crippen LogP contribution >= 0.6 is 0 Å². The zero-order chi connectivity index (χ0) is 12.4. The molecule has 0 unspecified atom stereocenters. The van der Waals surface area contributed by atoms with Gasteiger partial charge in [-0.2, -0.15) is 5.10 Å². The van der Waals surface area contributed by atoms with Crippen molar-refractivity contribution in [3.8, 4) is 11.4 Å². The Bertz CT molecular complexity index is 514. The molecule has 1 aliphatic rings. The number of aromatic nitrogens is 4. The van der Waals surface area contributed by atoms with Gasteiger partial charge in [-0.25, -0.2) is 9.97 Å². The number of hydrogen-bond donors (Lipinski definition) is 2. The highest BCUT2D eigenvalue weighted by atomic mass is 15.1. The zero-order valence-corrected chi connectivity index (χ0v) is 10.5. The summed E-state index contributed by atoms with van der Waals surface area (Å²) in [4.78, 5) is 9.26. The number of H-pyrrole nitrogens is 1. The zero-order valence-electron chi connectivity index (χ0n) is 10.5. The number of nitrogens with zero attached hydrogens (tertiary/aromatic N) is 3. The highest BCUT2D eigenvalue weighted by Gasteiger charge is 2.19. The molecule has 5 nitrogen and oxygen atoms in total. The first-order valence-electron chi connectivity index (χ1n) is 6.39. The molecule has 3 heterocycles.